The fourth-order valence-electron chi connectivity index (χ4n) is 7.47. The number of carbonyl (C=O) groups excluding carboxylic acids is 3. The number of hydrogen-bond acceptors (Lipinski definition) is 5. The van der Waals surface area contributed by atoms with Crippen LogP contribution in [0.1, 0.15) is 34.5 Å². The molecule has 3 amide bonds. The lowest BCUT2D eigenvalue weighted by atomic mass is 9.90. The molecule has 0 spiro atoms. The predicted molar refractivity (Wildman–Crippen MR) is 194 cm³/mol. The van der Waals surface area contributed by atoms with Crippen molar-refractivity contribution in [1.82, 2.24) is 25.1 Å². The van der Waals surface area contributed by atoms with Gasteiger partial charge in [-0.1, -0.05) is 54.1 Å². The third-order valence-electron chi connectivity index (χ3n) is 9.89. The van der Waals surface area contributed by atoms with Gasteiger partial charge in [0, 0.05) is 77.9 Å². The molecule has 2 aromatic heterocycles. The molecule has 1 fully saturated rings. The Morgan fingerprint density at radius 1 is 1.00 bits per heavy atom. The van der Waals surface area contributed by atoms with Crippen molar-refractivity contribution in [2.24, 2.45) is 11.8 Å². The molecule has 3 aromatic carbocycles. The number of para-hydroxylation sites is 1. The van der Waals surface area contributed by atoms with Crippen molar-refractivity contribution in [2.45, 2.75) is 31.7 Å². The Hall–Kier alpha value is -4.73. The lowest BCUT2D eigenvalue weighted by molar-refractivity contribution is -0.131. The largest absolute Gasteiger partial charge is 0.361 e. The quantitative estimate of drug-likeness (QED) is 0.219. The van der Waals surface area contributed by atoms with Crippen molar-refractivity contribution >= 4 is 56.7 Å². The molecule has 0 unspecified atom stereocenters. The van der Waals surface area contributed by atoms with E-state index in [0.717, 1.165) is 51.5 Å². The minimum Gasteiger partial charge on any atom is -0.361 e. The fourth-order valence-corrected chi connectivity index (χ4v) is 7.66. The lowest BCUT2D eigenvalue weighted by Gasteiger charge is -2.38. The Kier molecular flexibility index (Phi) is 9.38. The highest BCUT2D eigenvalue weighted by atomic mass is 35.5. The highest BCUT2D eigenvalue weighted by molar-refractivity contribution is 6.30. The van der Waals surface area contributed by atoms with Crippen LogP contribution in [-0.4, -0.2) is 83.8 Å². The first kappa shape index (κ1) is 32.8. The highest BCUT2D eigenvalue weighted by Crippen LogP contribution is 2.33. The summed E-state index contributed by atoms with van der Waals surface area (Å²) in [4.78, 5) is 55.4. The summed E-state index contributed by atoms with van der Waals surface area (Å²) < 4.78 is 0. The number of benzene rings is 3. The maximum absolute atomic E-state index is 14.6. The van der Waals surface area contributed by atoms with E-state index in [1.165, 1.54) is 0 Å². The number of aromatic nitrogens is 2. The number of H-pyrrole nitrogens is 1. The molecule has 49 heavy (non-hydrogen) atoms. The summed E-state index contributed by atoms with van der Waals surface area (Å²) in [5, 5.41) is 6.80. The van der Waals surface area contributed by atoms with Gasteiger partial charge in [-0.05, 0) is 86.1 Å². The molecule has 0 saturated carbocycles. The van der Waals surface area contributed by atoms with E-state index < -0.39 is 6.04 Å². The Morgan fingerprint density at radius 3 is 2.55 bits per heavy atom. The first-order chi connectivity index (χ1) is 23.7. The molecule has 0 aliphatic carbocycles. The van der Waals surface area contributed by atoms with Gasteiger partial charge < -0.3 is 25.0 Å². The number of nitrogens with one attached hydrogen (secondary N) is 2. The number of aromatic amines is 1. The van der Waals surface area contributed by atoms with Crippen LogP contribution in [-0.2, 0) is 22.4 Å². The molecule has 7 rings (SSSR count). The minimum atomic E-state index is -0.783. The standard InChI is InChI=1S/C39H41ClN6O3/c1-44(2)23-25-17-29-18-31(40)11-12-36(29)46(24-25)39(49)35(20-30-22-41-33-10-6-5-9-32(30)33)43-37(47)26-13-15-45(16-14-26)38(48)34-19-27-7-3-4-8-28(27)21-42-34/h3-12,18-19,21-22,25-26,35,41H,13-17,20,23-24H2,1-2H3,(H,43,47)/t25-,35-/m1/s1. The molecule has 2 aliphatic rings. The summed E-state index contributed by atoms with van der Waals surface area (Å²) in [6, 6.07) is 22.6. The molecule has 0 radical (unpaired) electrons. The summed E-state index contributed by atoms with van der Waals surface area (Å²) >= 11 is 6.41. The Morgan fingerprint density at radius 2 is 1.76 bits per heavy atom. The molecule has 9 nitrogen and oxygen atoms in total. The van der Waals surface area contributed by atoms with E-state index in [4.69, 9.17) is 11.6 Å². The SMILES string of the molecule is CN(C)C[C@H]1Cc2cc(Cl)ccc2N(C(=O)[C@@H](Cc2c[nH]c3ccccc23)NC(=O)C2CCN(C(=O)c3cc4ccccc4cn3)CC2)C1. The number of carbonyl (C=O) groups is 3. The smallest absolute Gasteiger partial charge is 0.272 e. The number of nitrogens with zero attached hydrogens (tertiary/aromatic N) is 4. The van der Waals surface area contributed by atoms with Gasteiger partial charge in [-0.2, -0.15) is 0 Å². The zero-order valence-electron chi connectivity index (χ0n) is 27.9. The number of anilines is 1. The number of halogens is 1. The van der Waals surface area contributed by atoms with Gasteiger partial charge in [0.1, 0.15) is 11.7 Å². The molecule has 1 saturated heterocycles. The van der Waals surface area contributed by atoms with E-state index in [1.54, 1.807) is 11.1 Å². The fraction of sp³-hybridized carbons (Fsp3) is 0.333. The number of rotatable bonds is 8. The molecule has 252 valence electrons. The molecular formula is C39H41ClN6O3. The van der Waals surface area contributed by atoms with Crippen LogP contribution in [0.15, 0.2) is 85.2 Å². The average Bonchev–Trinajstić information content (AvgIpc) is 3.52. The summed E-state index contributed by atoms with van der Waals surface area (Å²) in [7, 11) is 4.08. The number of likely N-dealkylation sites (tertiary alicyclic amines) is 1. The third-order valence-corrected chi connectivity index (χ3v) is 10.1. The van der Waals surface area contributed by atoms with Crippen molar-refractivity contribution in [2.75, 3.05) is 45.2 Å². The molecule has 5 aromatic rings. The van der Waals surface area contributed by atoms with Gasteiger partial charge in [-0.25, -0.2) is 0 Å². The first-order valence-corrected chi connectivity index (χ1v) is 17.4. The second kappa shape index (κ2) is 14.0. The maximum atomic E-state index is 14.6. The monoisotopic (exact) mass is 676 g/mol. The van der Waals surface area contributed by atoms with Crippen LogP contribution in [0.5, 0.6) is 0 Å². The summed E-state index contributed by atoms with van der Waals surface area (Å²) in [5.74, 6) is -0.532. The van der Waals surface area contributed by atoms with E-state index in [0.29, 0.717) is 49.6 Å². The average molecular weight is 677 g/mol. The van der Waals surface area contributed by atoms with Crippen LogP contribution in [0, 0.1) is 11.8 Å². The van der Waals surface area contributed by atoms with Gasteiger partial charge >= 0.3 is 0 Å². The Bertz CT molecular complexity index is 2020. The van der Waals surface area contributed by atoms with E-state index in [9.17, 15) is 14.4 Å². The van der Waals surface area contributed by atoms with Gasteiger partial charge in [0.05, 0.1) is 0 Å². The van der Waals surface area contributed by atoms with Gasteiger partial charge in [0.15, 0.2) is 0 Å². The minimum absolute atomic E-state index is 0.131. The number of pyridine rings is 1. The maximum Gasteiger partial charge on any atom is 0.272 e. The molecule has 4 heterocycles. The van der Waals surface area contributed by atoms with Crippen LogP contribution in [0.2, 0.25) is 5.02 Å². The summed E-state index contributed by atoms with van der Waals surface area (Å²) in [6.07, 6.45) is 5.84. The first-order valence-electron chi connectivity index (χ1n) is 17.0. The van der Waals surface area contributed by atoms with Crippen molar-refractivity contribution in [3.8, 4) is 0 Å². The Balaban J connectivity index is 1.10. The highest BCUT2D eigenvalue weighted by Gasteiger charge is 2.36. The van der Waals surface area contributed by atoms with Crippen molar-refractivity contribution < 1.29 is 14.4 Å². The van der Waals surface area contributed by atoms with Crippen molar-refractivity contribution in [1.29, 1.82) is 0 Å². The zero-order chi connectivity index (χ0) is 34.1. The molecule has 2 atom stereocenters. The number of hydrogen-bond donors (Lipinski definition) is 2. The molecular weight excluding hydrogens is 636 g/mol. The number of amides is 3. The van der Waals surface area contributed by atoms with E-state index >= 15 is 0 Å². The molecule has 2 aliphatic heterocycles. The van der Waals surface area contributed by atoms with Crippen LogP contribution >= 0.6 is 11.6 Å². The van der Waals surface area contributed by atoms with Crippen molar-refractivity contribution in [3.63, 3.8) is 0 Å². The second-order valence-corrected chi connectivity index (χ2v) is 14.1. The normalized spacial score (nSPS) is 17.3. The summed E-state index contributed by atoms with van der Waals surface area (Å²) in [6.45, 7) is 2.26. The van der Waals surface area contributed by atoms with Gasteiger partial charge in [0.25, 0.3) is 5.91 Å². The Labute approximate surface area is 291 Å². The second-order valence-electron chi connectivity index (χ2n) is 13.7. The zero-order valence-corrected chi connectivity index (χ0v) is 28.6. The predicted octanol–water partition coefficient (Wildman–Crippen LogP) is 5.72. The third kappa shape index (κ3) is 7.05. The van der Waals surface area contributed by atoms with Crippen molar-refractivity contribution in [3.05, 3.63) is 107 Å². The van der Waals surface area contributed by atoms with E-state index in [1.807, 2.05) is 98.0 Å². The molecule has 10 heteroatoms. The van der Waals surface area contributed by atoms with E-state index in [-0.39, 0.29) is 29.6 Å². The number of fused-ring (bicyclic) bond motifs is 3. The lowest BCUT2D eigenvalue weighted by Crippen LogP contribution is -2.54. The topological polar surface area (TPSA) is 102 Å². The molecule has 0 bridgehead atoms. The van der Waals surface area contributed by atoms with E-state index in [2.05, 4.69) is 20.2 Å². The molecule has 2 N–H and O–H groups in total. The van der Waals surface area contributed by atoms with Gasteiger partial charge in [-0.15, -0.1) is 0 Å². The van der Waals surface area contributed by atoms with Crippen LogP contribution in [0.3, 0.4) is 0 Å². The van der Waals surface area contributed by atoms with Crippen LogP contribution in [0.4, 0.5) is 5.69 Å². The van der Waals surface area contributed by atoms with Gasteiger partial charge in [-0.3, -0.25) is 19.4 Å². The van der Waals surface area contributed by atoms with Crippen LogP contribution < -0.4 is 10.2 Å². The number of piperidine rings is 1. The summed E-state index contributed by atoms with van der Waals surface area (Å²) in [5.41, 5.74) is 4.24. The van der Waals surface area contributed by atoms with Gasteiger partial charge in [0.2, 0.25) is 11.8 Å². The van der Waals surface area contributed by atoms with Crippen LogP contribution in [0.25, 0.3) is 21.7 Å².